The van der Waals surface area contributed by atoms with E-state index in [1.54, 1.807) is 13.8 Å². The van der Waals surface area contributed by atoms with E-state index >= 15 is 0 Å². The van der Waals surface area contributed by atoms with Gasteiger partial charge in [-0.05, 0) is 36.5 Å². The minimum absolute atomic E-state index is 0.00538. The minimum Gasteiger partial charge on any atom is -0.508 e. The lowest BCUT2D eigenvalue weighted by molar-refractivity contribution is -0.142. The predicted molar refractivity (Wildman–Crippen MR) is 129 cm³/mol. The number of carboxylic acid groups (broad SMARTS) is 2. The molecule has 208 valence electrons. The number of hydrogen-bond donors (Lipinski definition) is 7. The van der Waals surface area contributed by atoms with Crippen LogP contribution in [0.15, 0.2) is 24.3 Å². The van der Waals surface area contributed by atoms with Crippen LogP contribution < -0.4 is 21.7 Å². The molecule has 14 nitrogen and oxygen atoms in total. The lowest BCUT2D eigenvalue weighted by Gasteiger charge is -2.23. The molecule has 8 N–H and O–H groups in total. The Balaban J connectivity index is 2.00. The van der Waals surface area contributed by atoms with Crippen LogP contribution in [0.2, 0.25) is 0 Å². The van der Waals surface area contributed by atoms with Crippen LogP contribution in [0.3, 0.4) is 0 Å². The summed E-state index contributed by atoms with van der Waals surface area (Å²) in [7, 11) is 0. The van der Waals surface area contributed by atoms with Gasteiger partial charge in [0.25, 0.3) is 11.8 Å². The highest BCUT2D eigenvalue weighted by Gasteiger charge is 2.51. The molecule has 0 aliphatic carbocycles. The largest absolute Gasteiger partial charge is 0.508 e. The van der Waals surface area contributed by atoms with E-state index in [4.69, 9.17) is 15.6 Å². The van der Waals surface area contributed by atoms with Crippen LogP contribution in [-0.2, 0) is 39.9 Å². The first-order valence-electron chi connectivity index (χ1n) is 11.9. The Morgan fingerprint density at radius 2 is 1.47 bits per heavy atom. The third-order valence-electron chi connectivity index (χ3n) is 5.79. The molecule has 2 rings (SSSR count). The van der Waals surface area contributed by atoms with Crippen LogP contribution in [0.1, 0.15) is 38.7 Å². The van der Waals surface area contributed by atoms with Gasteiger partial charge in [-0.2, -0.15) is 0 Å². The zero-order valence-corrected chi connectivity index (χ0v) is 20.9. The highest BCUT2D eigenvalue weighted by atomic mass is 16.6. The van der Waals surface area contributed by atoms with E-state index in [0.29, 0.717) is 5.56 Å². The van der Waals surface area contributed by atoms with E-state index in [2.05, 4.69) is 16.0 Å². The number of rotatable bonds is 15. The van der Waals surface area contributed by atoms with Crippen LogP contribution in [0.25, 0.3) is 0 Å². The number of primary amides is 1. The number of carbonyl (C=O) groups excluding carboxylic acids is 4. The molecular formula is C24H32N4O10. The number of ether oxygens (including phenoxy) is 1. The van der Waals surface area contributed by atoms with Gasteiger partial charge in [-0.3, -0.25) is 24.0 Å². The SMILES string of the molecule is CC(C)[C@H](NC(=O)[C@H](CCCC(=O)O)NC(=O)[C@H]1O[C@@H]1C(=O)N[C@@H](Cc1ccc(O)cc1)C(=O)O)C(N)=O. The highest BCUT2D eigenvalue weighted by molar-refractivity contribution is 5.98. The molecule has 1 heterocycles. The summed E-state index contributed by atoms with van der Waals surface area (Å²) < 4.78 is 5.12. The van der Waals surface area contributed by atoms with E-state index in [-0.39, 0.29) is 37.4 Å². The number of carboxylic acids is 2. The van der Waals surface area contributed by atoms with Crippen LogP contribution in [0, 0.1) is 5.92 Å². The first-order valence-corrected chi connectivity index (χ1v) is 11.9. The van der Waals surface area contributed by atoms with Gasteiger partial charge in [-0.1, -0.05) is 26.0 Å². The number of amides is 4. The summed E-state index contributed by atoms with van der Waals surface area (Å²) in [6.07, 6.45) is -3.01. The van der Waals surface area contributed by atoms with Crippen molar-refractivity contribution in [3.63, 3.8) is 0 Å². The van der Waals surface area contributed by atoms with Gasteiger partial charge in [-0.15, -0.1) is 0 Å². The van der Waals surface area contributed by atoms with Crippen molar-refractivity contribution in [1.82, 2.24) is 16.0 Å². The van der Waals surface area contributed by atoms with Crippen molar-refractivity contribution in [2.24, 2.45) is 11.7 Å². The van der Waals surface area contributed by atoms with Crippen LogP contribution in [0.4, 0.5) is 0 Å². The topological polar surface area (TPSA) is 238 Å². The van der Waals surface area contributed by atoms with Crippen molar-refractivity contribution in [1.29, 1.82) is 0 Å². The second kappa shape index (κ2) is 13.4. The fourth-order valence-electron chi connectivity index (χ4n) is 3.63. The molecule has 1 aromatic rings. The van der Waals surface area contributed by atoms with Crippen molar-refractivity contribution in [2.45, 2.75) is 69.9 Å². The van der Waals surface area contributed by atoms with Crippen molar-refractivity contribution in [3.05, 3.63) is 29.8 Å². The zero-order chi connectivity index (χ0) is 28.6. The fraction of sp³-hybridized carbons (Fsp3) is 0.500. The fourth-order valence-corrected chi connectivity index (χ4v) is 3.63. The standard InChI is InChI=1S/C24H32N4O10/c1-11(2)17(20(25)32)28-21(33)14(4-3-5-16(30)31)26-22(34)18-19(38-18)23(35)27-15(24(36)37)10-12-6-8-13(29)9-7-12/h6-9,11,14-15,17-19,29H,3-5,10H2,1-2H3,(H2,25,32)(H,26,34)(H,27,35)(H,28,33)(H,30,31)(H,36,37)/t14-,15-,17-,18-,19-/m0/s1. The molecule has 0 spiro atoms. The van der Waals surface area contributed by atoms with Crippen molar-refractivity contribution in [3.8, 4) is 5.75 Å². The third kappa shape index (κ3) is 9.03. The average Bonchev–Trinajstić information content (AvgIpc) is 3.63. The molecule has 0 aromatic heterocycles. The monoisotopic (exact) mass is 536 g/mol. The third-order valence-corrected chi connectivity index (χ3v) is 5.79. The van der Waals surface area contributed by atoms with E-state index in [1.807, 2.05) is 0 Å². The van der Waals surface area contributed by atoms with Crippen molar-refractivity contribution < 1.29 is 48.8 Å². The zero-order valence-electron chi connectivity index (χ0n) is 20.9. The van der Waals surface area contributed by atoms with E-state index in [9.17, 15) is 39.0 Å². The molecule has 0 radical (unpaired) electrons. The van der Waals surface area contributed by atoms with Crippen LogP contribution in [0.5, 0.6) is 5.75 Å². The number of phenols is 1. The number of carbonyl (C=O) groups is 6. The van der Waals surface area contributed by atoms with Gasteiger partial charge in [0.1, 0.15) is 23.9 Å². The second-order valence-corrected chi connectivity index (χ2v) is 9.23. The summed E-state index contributed by atoms with van der Waals surface area (Å²) in [6, 6.07) is 2.14. The van der Waals surface area contributed by atoms with Crippen molar-refractivity contribution in [2.75, 3.05) is 0 Å². The Kier molecular flexibility index (Phi) is 10.6. The number of benzene rings is 1. The van der Waals surface area contributed by atoms with Gasteiger partial charge in [-0.25, -0.2) is 4.79 Å². The second-order valence-electron chi connectivity index (χ2n) is 9.23. The summed E-state index contributed by atoms with van der Waals surface area (Å²) in [5.41, 5.74) is 5.85. The Hall–Kier alpha value is -4.20. The molecule has 1 saturated heterocycles. The van der Waals surface area contributed by atoms with E-state index < -0.39 is 65.9 Å². The van der Waals surface area contributed by atoms with E-state index in [1.165, 1.54) is 24.3 Å². The van der Waals surface area contributed by atoms with Gasteiger partial charge >= 0.3 is 11.9 Å². The molecule has 0 bridgehead atoms. The quantitative estimate of drug-likeness (QED) is 0.130. The van der Waals surface area contributed by atoms with Crippen molar-refractivity contribution >= 4 is 35.6 Å². The maximum atomic E-state index is 12.8. The molecule has 1 aliphatic rings. The van der Waals surface area contributed by atoms with Gasteiger partial charge < -0.3 is 41.7 Å². The molecule has 0 saturated carbocycles. The van der Waals surface area contributed by atoms with Crippen LogP contribution in [-0.4, -0.2) is 81.2 Å². The molecule has 38 heavy (non-hydrogen) atoms. The first kappa shape index (κ1) is 30.0. The number of aromatic hydroxyl groups is 1. The van der Waals surface area contributed by atoms with Gasteiger partial charge in [0.2, 0.25) is 11.8 Å². The van der Waals surface area contributed by atoms with Gasteiger partial charge in [0.05, 0.1) is 0 Å². The maximum absolute atomic E-state index is 12.8. The number of phenolic OH excluding ortho intramolecular Hbond substituents is 1. The number of hydrogen-bond acceptors (Lipinski definition) is 8. The normalized spacial score (nSPS) is 18.5. The smallest absolute Gasteiger partial charge is 0.326 e. The molecule has 5 atom stereocenters. The van der Waals surface area contributed by atoms with E-state index in [0.717, 1.165) is 0 Å². The highest BCUT2D eigenvalue weighted by Crippen LogP contribution is 2.23. The molecule has 4 amide bonds. The Morgan fingerprint density at radius 1 is 0.921 bits per heavy atom. The summed E-state index contributed by atoms with van der Waals surface area (Å²) in [5, 5.41) is 34.8. The lowest BCUT2D eigenvalue weighted by atomic mass is 10.0. The predicted octanol–water partition coefficient (Wildman–Crippen LogP) is -1.36. The lowest BCUT2D eigenvalue weighted by Crippen LogP contribution is -2.55. The van der Waals surface area contributed by atoms with Gasteiger partial charge in [0.15, 0.2) is 12.2 Å². The Morgan fingerprint density at radius 3 is 1.95 bits per heavy atom. The Bertz CT molecular complexity index is 1060. The number of epoxide rings is 1. The maximum Gasteiger partial charge on any atom is 0.326 e. The summed E-state index contributed by atoms with van der Waals surface area (Å²) in [5.74, 6) is -6.02. The number of nitrogens with two attached hydrogens (primary N) is 1. The molecular weight excluding hydrogens is 504 g/mol. The molecule has 0 unspecified atom stereocenters. The number of aliphatic carboxylic acids is 2. The average molecular weight is 537 g/mol. The number of nitrogens with one attached hydrogen (secondary N) is 3. The molecule has 1 aromatic carbocycles. The Labute approximate surface area is 217 Å². The first-order chi connectivity index (χ1) is 17.8. The molecule has 1 fully saturated rings. The summed E-state index contributed by atoms with van der Waals surface area (Å²) in [4.78, 5) is 72.1. The molecule has 14 heteroatoms. The minimum atomic E-state index is -1.34. The van der Waals surface area contributed by atoms with Crippen LogP contribution >= 0.6 is 0 Å². The summed E-state index contributed by atoms with van der Waals surface area (Å²) >= 11 is 0. The summed E-state index contributed by atoms with van der Waals surface area (Å²) in [6.45, 7) is 3.31. The van der Waals surface area contributed by atoms with Gasteiger partial charge in [0, 0.05) is 12.8 Å². The molecule has 1 aliphatic heterocycles.